The van der Waals surface area contributed by atoms with Gasteiger partial charge in [0.2, 0.25) is 11.9 Å². The lowest BCUT2D eigenvalue weighted by atomic mass is 9.96. The number of carbonyl (C=O) groups excluding carboxylic acids is 1. The van der Waals surface area contributed by atoms with E-state index in [2.05, 4.69) is 20.2 Å². The molecule has 3 N–H and O–H groups in total. The van der Waals surface area contributed by atoms with Gasteiger partial charge in [-0.15, -0.1) is 0 Å². The first-order chi connectivity index (χ1) is 18.0. The van der Waals surface area contributed by atoms with Crippen LogP contribution < -0.4 is 15.9 Å². The molecule has 1 atom stereocenters. The molecular formula is C26H36ClN7O4. The maximum Gasteiger partial charge on any atom is 0.328 e. The van der Waals surface area contributed by atoms with Crippen molar-refractivity contribution in [2.24, 2.45) is 13.0 Å². The molecular weight excluding hydrogens is 510 g/mol. The molecule has 206 valence electrons. The molecule has 3 aromatic rings. The smallest absolute Gasteiger partial charge is 0.328 e. The fourth-order valence-electron chi connectivity index (χ4n) is 4.85. The van der Waals surface area contributed by atoms with Gasteiger partial charge in [-0.05, 0) is 50.8 Å². The SMILES string of the molecule is CN(C)C(=O)C1CCN(c2ncc(Cl)c(Nc3ccc4c(c3)n(CCC(C)(O)CCO)c(=O)n4C)n2)CC1. The summed E-state index contributed by atoms with van der Waals surface area (Å²) >= 11 is 6.43. The number of amides is 1. The summed E-state index contributed by atoms with van der Waals surface area (Å²) in [6.07, 6.45) is 3.58. The van der Waals surface area contributed by atoms with E-state index in [4.69, 9.17) is 11.6 Å². The van der Waals surface area contributed by atoms with Crippen molar-refractivity contribution in [1.29, 1.82) is 0 Å². The highest BCUT2D eigenvalue weighted by atomic mass is 35.5. The lowest BCUT2D eigenvalue weighted by Crippen LogP contribution is -2.40. The summed E-state index contributed by atoms with van der Waals surface area (Å²) in [4.78, 5) is 38.0. The molecule has 2 aromatic heterocycles. The molecule has 1 unspecified atom stereocenters. The van der Waals surface area contributed by atoms with E-state index in [1.54, 1.807) is 48.3 Å². The third-order valence-electron chi connectivity index (χ3n) is 7.23. The number of aryl methyl sites for hydroxylation is 2. The monoisotopic (exact) mass is 545 g/mol. The molecule has 0 saturated carbocycles. The zero-order valence-corrected chi connectivity index (χ0v) is 23.1. The van der Waals surface area contributed by atoms with Gasteiger partial charge in [-0.25, -0.2) is 9.78 Å². The number of hydrogen-bond acceptors (Lipinski definition) is 8. The van der Waals surface area contributed by atoms with Crippen molar-refractivity contribution in [3.05, 3.63) is 39.9 Å². The van der Waals surface area contributed by atoms with Gasteiger partial charge >= 0.3 is 5.69 Å². The minimum absolute atomic E-state index is 0.00804. The van der Waals surface area contributed by atoms with Crippen LogP contribution in [0, 0.1) is 5.92 Å². The Hall–Kier alpha value is -3.15. The van der Waals surface area contributed by atoms with E-state index >= 15 is 0 Å². The van der Waals surface area contributed by atoms with E-state index in [-0.39, 0.29) is 30.5 Å². The number of imidazole rings is 1. The Morgan fingerprint density at radius 3 is 2.61 bits per heavy atom. The van der Waals surface area contributed by atoms with Gasteiger partial charge in [0.05, 0.1) is 22.8 Å². The molecule has 1 amide bonds. The Morgan fingerprint density at radius 2 is 1.95 bits per heavy atom. The van der Waals surface area contributed by atoms with Crippen molar-refractivity contribution in [3.8, 4) is 0 Å². The van der Waals surface area contributed by atoms with Crippen molar-refractivity contribution in [3.63, 3.8) is 0 Å². The number of hydrogen-bond donors (Lipinski definition) is 3. The molecule has 0 bridgehead atoms. The van der Waals surface area contributed by atoms with Crippen LogP contribution in [0.1, 0.15) is 32.6 Å². The van der Waals surface area contributed by atoms with E-state index in [0.717, 1.165) is 18.4 Å². The van der Waals surface area contributed by atoms with Gasteiger partial charge in [0.25, 0.3) is 0 Å². The van der Waals surface area contributed by atoms with Crippen LogP contribution in [-0.4, -0.2) is 79.5 Å². The van der Waals surface area contributed by atoms with Crippen LogP contribution in [0.4, 0.5) is 17.5 Å². The van der Waals surface area contributed by atoms with Gasteiger partial charge < -0.3 is 25.3 Å². The molecule has 12 heteroatoms. The van der Waals surface area contributed by atoms with E-state index in [1.165, 1.54) is 0 Å². The number of carbonyl (C=O) groups is 1. The third kappa shape index (κ3) is 5.95. The molecule has 4 rings (SSSR count). The number of rotatable bonds is 9. The van der Waals surface area contributed by atoms with Crippen LogP contribution in [0.25, 0.3) is 11.0 Å². The molecule has 11 nitrogen and oxygen atoms in total. The number of nitrogens with one attached hydrogen (secondary N) is 1. The molecule has 1 aliphatic heterocycles. The van der Waals surface area contributed by atoms with Crippen LogP contribution in [0.2, 0.25) is 5.02 Å². The average molecular weight is 546 g/mol. The Morgan fingerprint density at radius 1 is 1.24 bits per heavy atom. The third-order valence-corrected chi connectivity index (χ3v) is 7.51. The van der Waals surface area contributed by atoms with Crippen molar-refractivity contribution in [2.45, 2.75) is 44.8 Å². The van der Waals surface area contributed by atoms with Crippen molar-refractivity contribution >= 4 is 46.0 Å². The topological polar surface area (TPSA) is 129 Å². The van der Waals surface area contributed by atoms with E-state index in [0.29, 0.717) is 54.0 Å². The number of halogens is 1. The first kappa shape index (κ1) is 27.9. The van der Waals surface area contributed by atoms with E-state index in [9.17, 15) is 19.8 Å². The minimum Gasteiger partial charge on any atom is -0.396 e. The van der Waals surface area contributed by atoms with Crippen LogP contribution in [0.3, 0.4) is 0 Å². The largest absolute Gasteiger partial charge is 0.396 e. The summed E-state index contributed by atoms with van der Waals surface area (Å²) in [6, 6.07) is 5.56. The Labute approximate surface area is 226 Å². The summed E-state index contributed by atoms with van der Waals surface area (Å²) in [7, 11) is 5.27. The van der Waals surface area contributed by atoms with Crippen LogP contribution in [0.15, 0.2) is 29.2 Å². The lowest BCUT2D eigenvalue weighted by molar-refractivity contribution is -0.133. The first-order valence-corrected chi connectivity index (χ1v) is 13.2. The molecule has 0 aliphatic carbocycles. The maximum absolute atomic E-state index is 12.9. The summed E-state index contributed by atoms with van der Waals surface area (Å²) < 4.78 is 3.19. The molecule has 1 aromatic carbocycles. The van der Waals surface area contributed by atoms with Gasteiger partial charge in [-0.2, -0.15) is 4.98 Å². The highest BCUT2D eigenvalue weighted by molar-refractivity contribution is 6.32. The molecule has 1 aliphatic rings. The number of aliphatic hydroxyl groups excluding tert-OH is 1. The van der Waals surface area contributed by atoms with Crippen LogP contribution >= 0.6 is 11.6 Å². The van der Waals surface area contributed by atoms with Crippen molar-refractivity contribution < 1.29 is 15.0 Å². The molecule has 38 heavy (non-hydrogen) atoms. The summed E-state index contributed by atoms with van der Waals surface area (Å²) in [6.45, 7) is 3.18. The van der Waals surface area contributed by atoms with Gasteiger partial charge in [0.1, 0.15) is 5.02 Å². The Balaban J connectivity index is 1.54. The Kier molecular flexibility index (Phi) is 8.29. The number of aromatic nitrogens is 4. The molecule has 0 spiro atoms. The molecule has 1 fully saturated rings. The quantitative estimate of drug-likeness (QED) is 0.374. The van der Waals surface area contributed by atoms with Gasteiger partial charge in [0, 0.05) is 59.0 Å². The normalized spacial score (nSPS) is 16.0. The molecule has 0 radical (unpaired) electrons. The number of fused-ring (bicyclic) bond motifs is 1. The van der Waals surface area contributed by atoms with E-state index < -0.39 is 5.60 Å². The highest BCUT2D eigenvalue weighted by Crippen LogP contribution is 2.29. The summed E-state index contributed by atoms with van der Waals surface area (Å²) in [5, 5.41) is 23.3. The number of piperidine rings is 1. The number of nitrogens with zero attached hydrogens (tertiary/aromatic N) is 6. The number of benzene rings is 1. The Bertz CT molecular complexity index is 1360. The van der Waals surface area contributed by atoms with Crippen molar-refractivity contribution in [1.82, 2.24) is 24.0 Å². The van der Waals surface area contributed by atoms with Crippen molar-refractivity contribution in [2.75, 3.05) is 44.0 Å². The van der Waals surface area contributed by atoms with E-state index in [1.807, 2.05) is 18.2 Å². The molecule has 1 saturated heterocycles. The van der Waals surface area contributed by atoms with Crippen LogP contribution in [0.5, 0.6) is 0 Å². The molecule has 3 heterocycles. The van der Waals surface area contributed by atoms with Gasteiger partial charge in [-0.3, -0.25) is 13.9 Å². The fourth-order valence-corrected chi connectivity index (χ4v) is 4.99. The van der Waals surface area contributed by atoms with Gasteiger partial charge in [-0.1, -0.05) is 11.6 Å². The number of aliphatic hydroxyl groups is 2. The average Bonchev–Trinajstić information content (AvgIpc) is 3.12. The fraction of sp³-hybridized carbons (Fsp3) is 0.538. The second-order valence-electron chi connectivity index (χ2n) is 10.4. The maximum atomic E-state index is 12.9. The second-order valence-corrected chi connectivity index (χ2v) is 10.8. The zero-order chi connectivity index (χ0) is 27.6. The van der Waals surface area contributed by atoms with Gasteiger partial charge in [0.15, 0.2) is 5.82 Å². The minimum atomic E-state index is -1.08. The van der Waals surface area contributed by atoms with Crippen LogP contribution in [-0.2, 0) is 18.4 Å². The summed E-state index contributed by atoms with van der Waals surface area (Å²) in [5.41, 5.74) is 0.897. The predicted molar refractivity (Wildman–Crippen MR) is 148 cm³/mol. The standard InChI is InChI=1S/C26H36ClN7O4/c1-26(38,10-14-35)9-13-34-21-15-18(5-6-20(21)32(4)25(34)37)29-22-19(27)16-28-24(30-22)33-11-7-17(8-12-33)23(36)31(2)3/h5-6,15-17,35,38H,7-14H2,1-4H3,(H,28,29,30). The highest BCUT2D eigenvalue weighted by Gasteiger charge is 2.27. The summed E-state index contributed by atoms with van der Waals surface area (Å²) in [5.74, 6) is 1.14. The first-order valence-electron chi connectivity index (χ1n) is 12.8. The number of anilines is 3. The lowest BCUT2D eigenvalue weighted by Gasteiger charge is -2.32. The predicted octanol–water partition coefficient (Wildman–Crippen LogP) is 2.36. The zero-order valence-electron chi connectivity index (χ0n) is 22.3. The second kappa shape index (κ2) is 11.3.